The molecule has 4 rings (SSSR count). The lowest BCUT2D eigenvalue weighted by Gasteiger charge is -2.39. The van der Waals surface area contributed by atoms with Crippen molar-refractivity contribution in [3.63, 3.8) is 0 Å². The molecule has 1 spiro atoms. The number of nitrogens with two attached hydrogens (primary N) is 1. The van der Waals surface area contributed by atoms with Crippen molar-refractivity contribution < 1.29 is 9.59 Å². The van der Waals surface area contributed by atoms with E-state index in [9.17, 15) is 9.59 Å². The zero-order valence-electron chi connectivity index (χ0n) is 15.3. The van der Waals surface area contributed by atoms with E-state index in [4.69, 9.17) is 5.73 Å². The molecule has 4 heteroatoms. The summed E-state index contributed by atoms with van der Waals surface area (Å²) in [5, 5.41) is 2.05. The molecule has 1 aliphatic carbocycles. The highest BCUT2D eigenvalue weighted by molar-refractivity contribution is 6.07. The van der Waals surface area contributed by atoms with E-state index in [0.29, 0.717) is 18.8 Å². The normalized spacial score (nSPS) is 24.9. The van der Waals surface area contributed by atoms with Gasteiger partial charge in [0.25, 0.3) is 5.91 Å². The zero-order valence-corrected chi connectivity index (χ0v) is 15.3. The number of ketones is 1. The van der Waals surface area contributed by atoms with E-state index >= 15 is 0 Å². The van der Waals surface area contributed by atoms with E-state index in [-0.39, 0.29) is 17.1 Å². The van der Waals surface area contributed by atoms with Crippen molar-refractivity contribution in [3.05, 3.63) is 59.8 Å². The lowest BCUT2D eigenvalue weighted by molar-refractivity contribution is -0.125. The summed E-state index contributed by atoms with van der Waals surface area (Å²) in [5.41, 5.74) is 6.44. The number of carbonyl (C=O) groups is 2. The van der Waals surface area contributed by atoms with Crippen molar-refractivity contribution in [2.24, 2.45) is 16.6 Å². The fraction of sp³-hybridized carbons (Fsp3) is 0.364. The van der Waals surface area contributed by atoms with Gasteiger partial charge in [-0.05, 0) is 35.8 Å². The first-order chi connectivity index (χ1) is 12.3. The molecule has 2 aromatic rings. The molecule has 1 saturated heterocycles. The Morgan fingerprint density at radius 3 is 2.62 bits per heavy atom. The van der Waals surface area contributed by atoms with Crippen LogP contribution in [0.5, 0.6) is 0 Å². The summed E-state index contributed by atoms with van der Waals surface area (Å²) in [7, 11) is 0. The minimum absolute atomic E-state index is 0.0157. The Balaban J connectivity index is 1.65. The molecule has 0 unspecified atom stereocenters. The number of hydrogen-bond donors (Lipinski definition) is 1. The predicted octanol–water partition coefficient (Wildman–Crippen LogP) is 3.51. The van der Waals surface area contributed by atoms with Crippen LogP contribution in [-0.2, 0) is 4.79 Å². The number of allylic oxidation sites excluding steroid dienone is 1. The number of carbonyl (C=O) groups excluding carboxylic acids is 2. The largest absolute Gasteiger partial charge is 0.396 e. The van der Waals surface area contributed by atoms with Crippen LogP contribution in [-0.4, -0.2) is 29.7 Å². The van der Waals surface area contributed by atoms with Crippen molar-refractivity contribution in [1.29, 1.82) is 0 Å². The van der Waals surface area contributed by atoms with E-state index in [1.165, 1.54) is 0 Å². The molecule has 0 aromatic heterocycles. The molecule has 134 valence electrons. The summed E-state index contributed by atoms with van der Waals surface area (Å²) in [4.78, 5) is 27.4. The third kappa shape index (κ3) is 2.61. The summed E-state index contributed by atoms with van der Waals surface area (Å²) in [6.07, 6.45) is 3.50. The van der Waals surface area contributed by atoms with Gasteiger partial charge >= 0.3 is 0 Å². The van der Waals surface area contributed by atoms with Crippen molar-refractivity contribution in [1.82, 2.24) is 4.90 Å². The minimum atomic E-state index is -0.475. The average molecular weight is 348 g/mol. The van der Waals surface area contributed by atoms with Gasteiger partial charge in [-0.25, -0.2) is 0 Å². The van der Waals surface area contributed by atoms with E-state index in [1.807, 2.05) is 67.3 Å². The van der Waals surface area contributed by atoms with Gasteiger partial charge in [-0.15, -0.1) is 0 Å². The van der Waals surface area contributed by atoms with Crippen LogP contribution in [0, 0.1) is 10.8 Å². The summed E-state index contributed by atoms with van der Waals surface area (Å²) >= 11 is 0. The molecule has 1 atom stereocenters. The van der Waals surface area contributed by atoms with Gasteiger partial charge in [-0.1, -0.05) is 50.2 Å². The quantitative estimate of drug-likeness (QED) is 0.858. The first-order valence-electron chi connectivity index (χ1n) is 9.12. The number of Topliss-reactive ketones (excluding diaryl/α,β-unsaturated/α-hetero) is 1. The summed E-state index contributed by atoms with van der Waals surface area (Å²) in [6, 6.07) is 13.8. The second-order valence-corrected chi connectivity index (χ2v) is 8.36. The standard InChI is InChI=1S/C22H24N2O2/c1-21(2)13-22(12-18(23)19(21)25)10-11-24(14-22)20(26)17-9-5-7-15-6-3-4-8-16(15)17/h3-9,12H,10-11,13-14,23H2,1-2H3/t22-/m1/s1. The van der Waals surface area contributed by atoms with Gasteiger partial charge in [0.05, 0.1) is 5.70 Å². The van der Waals surface area contributed by atoms with Crippen LogP contribution in [0.25, 0.3) is 10.8 Å². The molecular formula is C22H24N2O2. The molecule has 0 saturated carbocycles. The van der Waals surface area contributed by atoms with Crippen LogP contribution in [0.3, 0.4) is 0 Å². The minimum Gasteiger partial charge on any atom is -0.396 e. The molecule has 2 aromatic carbocycles. The lowest BCUT2D eigenvalue weighted by Crippen LogP contribution is -2.42. The first kappa shape index (κ1) is 16.8. The molecule has 0 radical (unpaired) electrons. The molecule has 4 nitrogen and oxygen atoms in total. The number of amides is 1. The molecule has 1 amide bonds. The van der Waals surface area contributed by atoms with Gasteiger partial charge in [0.2, 0.25) is 0 Å². The van der Waals surface area contributed by atoms with Gasteiger partial charge in [-0.2, -0.15) is 0 Å². The van der Waals surface area contributed by atoms with Gasteiger partial charge < -0.3 is 10.6 Å². The molecule has 2 N–H and O–H groups in total. The predicted molar refractivity (Wildman–Crippen MR) is 103 cm³/mol. The van der Waals surface area contributed by atoms with Crippen molar-refractivity contribution in [3.8, 4) is 0 Å². The van der Waals surface area contributed by atoms with E-state index in [1.54, 1.807) is 0 Å². The first-order valence-corrected chi connectivity index (χ1v) is 9.12. The van der Waals surface area contributed by atoms with Crippen LogP contribution in [0.4, 0.5) is 0 Å². The van der Waals surface area contributed by atoms with Crippen LogP contribution in [0.1, 0.15) is 37.0 Å². The second kappa shape index (κ2) is 5.70. The Labute approximate surface area is 153 Å². The summed E-state index contributed by atoms with van der Waals surface area (Å²) in [5.74, 6) is 0.0716. The third-order valence-electron chi connectivity index (χ3n) is 5.83. The van der Waals surface area contributed by atoms with E-state index in [2.05, 4.69) is 0 Å². The van der Waals surface area contributed by atoms with E-state index < -0.39 is 5.41 Å². The topological polar surface area (TPSA) is 63.4 Å². The van der Waals surface area contributed by atoms with Crippen LogP contribution in [0.2, 0.25) is 0 Å². The third-order valence-corrected chi connectivity index (χ3v) is 5.83. The molecule has 1 fully saturated rings. The van der Waals surface area contributed by atoms with Gasteiger partial charge in [0.15, 0.2) is 5.78 Å². The van der Waals surface area contributed by atoms with Crippen LogP contribution >= 0.6 is 0 Å². The number of likely N-dealkylation sites (tertiary alicyclic amines) is 1. The number of rotatable bonds is 1. The van der Waals surface area contributed by atoms with Crippen molar-refractivity contribution in [2.75, 3.05) is 13.1 Å². The highest BCUT2D eigenvalue weighted by Crippen LogP contribution is 2.47. The number of benzene rings is 2. The Bertz CT molecular complexity index is 939. The highest BCUT2D eigenvalue weighted by Gasteiger charge is 2.48. The number of nitrogens with zero attached hydrogens (tertiary/aromatic N) is 1. The molecule has 26 heavy (non-hydrogen) atoms. The maximum absolute atomic E-state index is 13.2. The average Bonchev–Trinajstić information content (AvgIpc) is 3.01. The number of hydrogen-bond acceptors (Lipinski definition) is 3. The summed E-state index contributed by atoms with van der Waals surface area (Å²) < 4.78 is 0. The monoisotopic (exact) mass is 348 g/mol. The fourth-order valence-corrected chi connectivity index (χ4v) is 4.71. The number of fused-ring (bicyclic) bond motifs is 1. The smallest absolute Gasteiger partial charge is 0.254 e. The van der Waals surface area contributed by atoms with Crippen LogP contribution in [0.15, 0.2) is 54.2 Å². The van der Waals surface area contributed by atoms with E-state index in [0.717, 1.165) is 29.2 Å². The SMILES string of the molecule is CC1(C)C[C@]2(C=C(N)C1=O)CCN(C(=O)c1cccc3ccccc13)C2. The Kier molecular flexibility index (Phi) is 3.69. The maximum atomic E-state index is 13.2. The van der Waals surface area contributed by atoms with Gasteiger partial charge in [0.1, 0.15) is 0 Å². The fourth-order valence-electron chi connectivity index (χ4n) is 4.71. The Morgan fingerprint density at radius 1 is 1.12 bits per heavy atom. The maximum Gasteiger partial charge on any atom is 0.254 e. The second-order valence-electron chi connectivity index (χ2n) is 8.36. The van der Waals surface area contributed by atoms with Gasteiger partial charge in [0, 0.05) is 29.5 Å². The zero-order chi connectivity index (χ0) is 18.5. The molecule has 1 heterocycles. The van der Waals surface area contributed by atoms with Crippen molar-refractivity contribution in [2.45, 2.75) is 26.7 Å². The van der Waals surface area contributed by atoms with Crippen LogP contribution < -0.4 is 5.73 Å². The summed E-state index contributed by atoms with van der Waals surface area (Å²) in [6.45, 7) is 5.21. The molecule has 1 aliphatic heterocycles. The molecular weight excluding hydrogens is 324 g/mol. The molecule has 2 aliphatic rings. The Hall–Kier alpha value is -2.62. The lowest BCUT2D eigenvalue weighted by atomic mass is 9.65. The molecule has 0 bridgehead atoms. The van der Waals surface area contributed by atoms with Crippen molar-refractivity contribution >= 4 is 22.5 Å². The Morgan fingerprint density at radius 2 is 1.85 bits per heavy atom. The van der Waals surface area contributed by atoms with Gasteiger partial charge in [-0.3, -0.25) is 9.59 Å². The highest BCUT2D eigenvalue weighted by atomic mass is 16.2.